The smallest absolute Gasteiger partial charge is 0.0155 e. The Morgan fingerprint density at radius 1 is 1.55 bits per heavy atom. The van der Waals surface area contributed by atoms with Crippen molar-refractivity contribution in [3.63, 3.8) is 0 Å². The molecule has 0 fully saturated rings. The lowest BCUT2D eigenvalue weighted by Gasteiger charge is -2.05. The number of hydrogen-bond acceptors (Lipinski definition) is 1. The van der Waals surface area contributed by atoms with Crippen LogP contribution in [0.2, 0.25) is 0 Å². The van der Waals surface area contributed by atoms with Gasteiger partial charge in [-0.25, -0.2) is 0 Å². The van der Waals surface area contributed by atoms with E-state index in [1.165, 1.54) is 10.5 Å². The van der Waals surface area contributed by atoms with Crippen LogP contribution in [0.15, 0.2) is 22.5 Å². The van der Waals surface area contributed by atoms with Crippen LogP contribution in [0.5, 0.6) is 0 Å². The van der Waals surface area contributed by atoms with Crippen LogP contribution in [0.4, 0.5) is 0 Å². The van der Waals surface area contributed by atoms with Crippen LogP contribution in [-0.4, -0.2) is 0 Å². The Morgan fingerprint density at radius 3 is 2.45 bits per heavy atom. The van der Waals surface area contributed by atoms with Gasteiger partial charge in [-0.05, 0) is 29.6 Å². The lowest BCUT2D eigenvalue weighted by Crippen LogP contribution is -1.84. The van der Waals surface area contributed by atoms with Crippen LogP contribution in [0.25, 0.3) is 0 Å². The molecular weight excluding hydrogens is 152 g/mol. The SMILES string of the molecule is C=C(S/C=C(\C)CC)C(C)C. The van der Waals surface area contributed by atoms with Crippen molar-refractivity contribution in [2.24, 2.45) is 5.92 Å². The molecule has 0 heterocycles. The molecule has 0 saturated carbocycles. The van der Waals surface area contributed by atoms with Crippen LogP contribution in [0, 0.1) is 5.92 Å². The van der Waals surface area contributed by atoms with E-state index in [4.69, 9.17) is 0 Å². The van der Waals surface area contributed by atoms with Crippen LogP contribution < -0.4 is 0 Å². The highest BCUT2D eigenvalue weighted by Crippen LogP contribution is 2.24. The first-order chi connectivity index (χ1) is 5.07. The molecule has 0 atom stereocenters. The Labute approximate surface area is 74.8 Å². The average Bonchev–Trinajstić information content (AvgIpc) is 1.99. The Bertz CT molecular complexity index is 154. The van der Waals surface area contributed by atoms with Gasteiger partial charge < -0.3 is 0 Å². The molecule has 0 aliphatic heterocycles. The third-order valence-corrected chi connectivity index (χ3v) is 2.91. The molecule has 0 nitrogen and oxygen atoms in total. The lowest BCUT2D eigenvalue weighted by atomic mass is 10.2. The fourth-order valence-corrected chi connectivity index (χ4v) is 1.19. The summed E-state index contributed by atoms with van der Waals surface area (Å²) < 4.78 is 0. The third kappa shape index (κ3) is 5.14. The van der Waals surface area contributed by atoms with E-state index in [1.807, 2.05) is 0 Å². The van der Waals surface area contributed by atoms with E-state index in [2.05, 4.69) is 39.7 Å². The predicted octanol–water partition coefficient (Wildman–Crippen LogP) is 4.20. The molecule has 1 heteroatoms. The zero-order chi connectivity index (χ0) is 8.85. The molecule has 0 aromatic rings. The van der Waals surface area contributed by atoms with E-state index >= 15 is 0 Å². The summed E-state index contributed by atoms with van der Waals surface area (Å²) in [6.07, 6.45) is 1.14. The molecule has 0 aromatic carbocycles. The Morgan fingerprint density at radius 2 is 2.09 bits per heavy atom. The molecule has 0 amide bonds. The van der Waals surface area contributed by atoms with Crippen molar-refractivity contribution < 1.29 is 0 Å². The predicted molar refractivity (Wildman–Crippen MR) is 55.6 cm³/mol. The summed E-state index contributed by atoms with van der Waals surface area (Å²) in [5, 5.41) is 2.20. The van der Waals surface area contributed by atoms with Crippen molar-refractivity contribution in [2.45, 2.75) is 34.1 Å². The standard InChI is InChI=1S/C10H18S/c1-6-9(4)7-11-10(5)8(2)3/h7-8H,5-6H2,1-4H3/b9-7+. The van der Waals surface area contributed by atoms with E-state index < -0.39 is 0 Å². The molecule has 0 N–H and O–H groups in total. The molecule has 64 valence electrons. The molecule has 0 saturated heterocycles. The minimum absolute atomic E-state index is 0.584. The molecule has 11 heavy (non-hydrogen) atoms. The molecule has 0 aromatic heterocycles. The summed E-state index contributed by atoms with van der Waals surface area (Å²) in [5.74, 6) is 0.584. The molecule has 0 spiro atoms. The van der Waals surface area contributed by atoms with Gasteiger partial charge in [0, 0.05) is 0 Å². The van der Waals surface area contributed by atoms with E-state index in [9.17, 15) is 0 Å². The summed E-state index contributed by atoms with van der Waals surface area (Å²) in [5.41, 5.74) is 1.43. The maximum absolute atomic E-state index is 3.98. The van der Waals surface area contributed by atoms with Gasteiger partial charge in [0.15, 0.2) is 0 Å². The van der Waals surface area contributed by atoms with Crippen molar-refractivity contribution in [1.29, 1.82) is 0 Å². The average molecular weight is 170 g/mol. The van der Waals surface area contributed by atoms with Crippen LogP contribution in [-0.2, 0) is 0 Å². The minimum Gasteiger partial charge on any atom is -0.103 e. The van der Waals surface area contributed by atoms with E-state index in [1.54, 1.807) is 11.8 Å². The second-order valence-electron chi connectivity index (χ2n) is 3.06. The van der Waals surface area contributed by atoms with Gasteiger partial charge in [-0.2, -0.15) is 0 Å². The van der Waals surface area contributed by atoms with Crippen molar-refractivity contribution >= 4 is 11.8 Å². The number of allylic oxidation sites excluding steroid dienone is 2. The van der Waals surface area contributed by atoms with Crippen LogP contribution >= 0.6 is 11.8 Å². The largest absolute Gasteiger partial charge is 0.103 e. The first-order valence-corrected chi connectivity index (χ1v) is 4.97. The number of rotatable bonds is 4. The van der Waals surface area contributed by atoms with Gasteiger partial charge >= 0.3 is 0 Å². The van der Waals surface area contributed by atoms with Crippen LogP contribution in [0.1, 0.15) is 34.1 Å². The van der Waals surface area contributed by atoms with Crippen molar-refractivity contribution in [2.75, 3.05) is 0 Å². The second kappa shape index (κ2) is 5.48. The Hall–Kier alpha value is -0.170. The fourth-order valence-electron chi connectivity index (χ4n) is 0.396. The zero-order valence-electron chi connectivity index (χ0n) is 7.98. The van der Waals surface area contributed by atoms with E-state index in [-0.39, 0.29) is 0 Å². The molecule has 0 radical (unpaired) electrons. The maximum Gasteiger partial charge on any atom is -0.0155 e. The third-order valence-electron chi connectivity index (χ3n) is 1.61. The van der Waals surface area contributed by atoms with Crippen molar-refractivity contribution in [3.8, 4) is 0 Å². The molecule has 0 unspecified atom stereocenters. The molecular formula is C10H18S. The molecule has 0 aliphatic carbocycles. The monoisotopic (exact) mass is 170 g/mol. The Balaban J connectivity index is 3.78. The summed E-state index contributed by atoms with van der Waals surface area (Å²) in [6.45, 7) is 12.6. The fraction of sp³-hybridized carbons (Fsp3) is 0.600. The highest BCUT2D eigenvalue weighted by molar-refractivity contribution is 8.05. The topological polar surface area (TPSA) is 0 Å². The maximum atomic E-state index is 3.98. The van der Waals surface area contributed by atoms with Crippen molar-refractivity contribution in [1.82, 2.24) is 0 Å². The highest BCUT2D eigenvalue weighted by atomic mass is 32.2. The summed E-state index contributed by atoms with van der Waals surface area (Å²) in [7, 11) is 0. The van der Waals surface area contributed by atoms with Gasteiger partial charge in [0.25, 0.3) is 0 Å². The molecule has 0 rings (SSSR count). The zero-order valence-corrected chi connectivity index (χ0v) is 8.79. The van der Waals surface area contributed by atoms with Gasteiger partial charge in [-0.3, -0.25) is 0 Å². The van der Waals surface area contributed by atoms with Gasteiger partial charge in [-0.15, -0.1) is 11.8 Å². The van der Waals surface area contributed by atoms with Crippen molar-refractivity contribution in [3.05, 3.63) is 22.5 Å². The number of hydrogen-bond donors (Lipinski definition) is 0. The molecule has 0 bridgehead atoms. The van der Waals surface area contributed by atoms with E-state index in [0.717, 1.165) is 6.42 Å². The summed E-state index contributed by atoms with van der Waals surface area (Å²) in [6, 6.07) is 0. The minimum atomic E-state index is 0.584. The summed E-state index contributed by atoms with van der Waals surface area (Å²) in [4.78, 5) is 1.25. The highest BCUT2D eigenvalue weighted by Gasteiger charge is 1.97. The van der Waals surface area contributed by atoms with Gasteiger partial charge in [0.1, 0.15) is 0 Å². The summed E-state index contributed by atoms with van der Waals surface area (Å²) >= 11 is 1.76. The van der Waals surface area contributed by atoms with Gasteiger partial charge in [0.2, 0.25) is 0 Å². The first kappa shape index (κ1) is 10.8. The normalized spacial score (nSPS) is 12.3. The van der Waals surface area contributed by atoms with Crippen LogP contribution in [0.3, 0.4) is 0 Å². The number of thioether (sulfide) groups is 1. The first-order valence-electron chi connectivity index (χ1n) is 4.09. The lowest BCUT2D eigenvalue weighted by molar-refractivity contribution is 0.820. The second-order valence-corrected chi connectivity index (χ2v) is 4.05. The van der Waals surface area contributed by atoms with Gasteiger partial charge in [-0.1, -0.05) is 32.9 Å². The van der Waals surface area contributed by atoms with E-state index in [0.29, 0.717) is 5.92 Å². The van der Waals surface area contributed by atoms with Gasteiger partial charge in [0.05, 0.1) is 0 Å². The Kier molecular flexibility index (Phi) is 5.39. The quantitative estimate of drug-likeness (QED) is 0.609. The molecule has 0 aliphatic rings.